The van der Waals surface area contributed by atoms with E-state index in [0.717, 1.165) is 54.0 Å². The molecule has 44 heavy (non-hydrogen) atoms. The molecule has 0 saturated carbocycles. The first kappa shape index (κ1) is 31.8. The van der Waals surface area contributed by atoms with E-state index in [1.54, 1.807) is 12.1 Å². The van der Waals surface area contributed by atoms with Crippen molar-refractivity contribution >= 4 is 52.3 Å². The van der Waals surface area contributed by atoms with Gasteiger partial charge in [-0.15, -0.1) is 0 Å². The maximum absolute atomic E-state index is 13.7. The summed E-state index contributed by atoms with van der Waals surface area (Å²) in [6.45, 7) is 8.69. The van der Waals surface area contributed by atoms with Gasteiger partial charge in [0.05, 0.1) is 22.6 Å². The molecule has 8 nitrogen and oxygen atoms in total. The summed E-state index contributed by atoms with van der Waals surface area (Å²) in [5.74, 6) is -0.130. The van der Waals surface area contributed by atoms with E-state index in [1.165, 1.54) is 6.92 Å². The zero-order valence-electron chi connectivity index (χ0n) is 25.4. The first-order valence-corrected chi connectivity index (χ1v) is 15.8. The lowest BCUT2D eigenvalue weighted by Crippen LogP contribution is -2.54. The van der Waals surface area contributed by atoms with Gasteiger partial charge >= 0.3 is 0 Å². The van der Waals surface area contributed by atoms with Crippen molar-refractivity contribution in [2.24, 2.45) is 0 Å². The fraction of sp³-hybridized carbons (Fsp3) is 0.382. The van der Waals surface area contributed by atoms with E-state index in [9.17, 15) is 14.4 Å². The molecule has 2 aliphatic heterocycles. The van der Waals surface area contributed by atoms with E-state index >= 15 is 0 Å². The molecule has 232 valence electrons. The van der Waals surface area contributed by atoms with Gasteiger partial charge in [0.25, 0.3) is 5.91 Å². The van der Waals surface area contributed by atoms with Crippen LogP contribution in [-0.4, -0.2) is 72.8 Å². The number of aryl methyl sites for hydroxylation is 2. The predicted molar refractivity (Wildman–Crippen MR) is 177 cm³/mol. The van der Waals surface area contributed by atoms with Gasteiger partial charge in [-0.25, -0.2) is 0 Å². The fourth-order valence-electron chi connectivity index (χ4n) is 6.19. The summed E-state index contributed by atoms with van der Waals surface area (Å²) in [5.41, 5.74) is 5.49. The Morgan fingerprint density at radius 3 is 2.16 bits per heavy atom. The second-order valence-electron chi connectivity index (χ2n) is 11.8. The zero-order valence-corrected chi connectivity index (χ0v) is 26.9. The van der Waals surface area contributed by atoms with Gasteiger partial charge in [-0.3, -0.25) is 14.4 Å². The number of hydrogen-bond acceptors (Lipinski definition) is 5. The van der Waals surface area contributed by atoms with Crippen LogP contribution in [0.25, 0.3) is 0 Å². The Balaban J connectivity index is 1.21. The largest absolute Gasteiger partial charge is 0.371 e. The van der Waals surface area contributed by atoms with Crippen LogP contribution in [0.4, 0.5) is 11.4 Å². The number of anilines is 2. The molecule has 1 atom stereocenters. The van der Waals surface area contributed by atoms with Crippen LogP contribution in [0.5, 0.6) is 0 Å². The second kappa shape index (κ2) is 14.0. The topological polar surface area (TPSA) is 85.0 Å². The number of benzene rings is 3. The SMILES string of the molecule is CC(=O)Nc1ccc(N2CCC(NCC(=O)N3CCN(C(=O)c4cc(C)cc(C)c4)C[C@H]3c3ccc(Cl)c(Cl)c3)CC2)cc1. The maximum Gasteiger partial charge on any atom is 0.254 e. The third-order valence-electron chi connectivity index (χ3n) is 8.37. The molecule has 2 saturated heterocycles. The lowest BCUT2D eigenvalue weighted by molar-refractivity contribution is -0.135. The summed E-state index contributed by atoms with van der Waals surface area (Å²) >= 11 is 12.6. The summed E-state index contributed by atoms with van der Waals surface area (Å²) in [4.78, 5) is 44.5. The van der Waals surface area contributed by atoms with Crippen LogP contribution < -0.4 is 15.5 Å². The quantitative estimate of drug-likeness (QED) is 0.340. The van der Waals surface area contributed by atoms with Gasteiger partial charge in [-0.05, 0) is 80.8 Å². The smallest absolute Gasteiger partial charge is 0.254 e. The Morgan fingerprint density at radius 1 is 0.841 bits per heavy atom. The van der Waals surface area contributed by atoms with Crippen LogP contribution in [0.2, 0.25) is 10.0 Å². The van der Waals surface area contributed by atoms with Gasteiger partial charge in [0, 0.05) is 62.6 Å². The Labute approximate surface area is 269 Å². The molecule has 0 aromatic heterocycles. The summed E-state index contributed by atoms with van der Waals surface area (Å²) in [7, 11) is 0. The van der Waals surface area contributed by atoms with Crippen molar-refractivity contribution in [1.82, 2.24) is 15.1 Å². The summed E-state index contributed by atoms with van der Waals surface area (Å²) in [6.07, 6.45) is 1.82. The number of hydrogen-bond donors (Lipinski definition) is 2. The number of halogens is 2. The number of nitrogens with zero attached hydrogens (tertiary/aromatic N) is 3. The van der Waals surface area contributed by atoms with Gasteiger partial charge in [0.1, 0.15) is 0 Å². The normalized spacial score (nSPS) is 17.5. The third-order valence-corrected chi connectivity index (χ3v) is 9.11. The van der Waals surface area contributed by atoms with E-state index < -0.39 is 0 Å². The molecule has 0 radical (unpaired) electrons. The Bertz CT molecular complexity index is 1500. The molecule has 0 aliphatic carbocycles. The maximum atomic E-state index is 13.7. The highest BCUT2D eigenvalue weighted by Crippen LogP contribution is 2.32. The minimum atomic E-state index is -0.343. The third kappa shape index (κ3) is 7.73. The highest BCUT2D eigenvalue weighted by molar-refractivity contribution is 6.42. The van der Waals surface area contributed by atoms with Gasteiger partial charge in [0.2, 0.25) is 11.8 Å². The molecule has 5 rings (SSSR count). The fourth-order valence-corrected chi connectivity index (χ4v) is 6.49. The first-order valence-electron chi connectivity index (χ1n) is 15.1. The molecule has 3 aromatic carbocycles. The number of nitrogens with one attached hydrogen (secondary N) is 2. The van der Waals surface area contributed by atoms with Crippen molar-refractivity contribution in [3.8, 4) is 0 Å². The predicted octanol–water partition coefficient (Wildman–Crippen LogP) is 5.85. The second-order valence-corrected chi connectivity index (χ2v) is 12.6. The average molecular weight is 637 g/mol. The molecular weight excluding hydrogens is 597 g/mol. The molecule has 0 bridgehead atoms. The Hall–Kier alpha value is -3.59. The molecular formula is C34H39Cl2N5O3. The molecule has 3 amide bonds. The molecule has 0 unspecified atom stereocenters. The van der Waals surface area contributed by atoms with Gasteiger partial charge in [0.15, 0.2) is 0 Å². The van der Waals surface area contributed by atoms with E-state index in [-0.39, 0.29) is 36.3 Å². The number of rotatable bonds is 7. The van der Waals surface area contributed by atoms with Crippen molar-refractivity contribution in [2.75, 3.05) is 49.5 Å². The van der Waals surface area contributed by atoms with Crippen molar-refractivity contribution < 1.29 is 14.4 Å². The lowest BCUT2D eigenvalue weighted by Gasteiger charge is -2.42. The molecule has 2 fully saturated rings. The number of carbonyl (C=O) groups is 3. The van der Waals surface area contributed by atoms with Crippen molar-refractivity contribution in [2.45, 2.75) is 45.7 Å². The standard InChI is InChI=1S/C34H39Cl2N5O3/c1-22-16-23(2)18-26(17-22)34(44)40-14-15-41(32(21-40)25-4-9-30(35)31(36)19-25)33(43)20-37-27-10-12-39(13-11-27)29-7-5-28(6-8-29)38-24(3)42/h4-9,16-19,27,32,37H,10-15,20-21H2,1-3H3,(H,38,42)/t32-/m0/s1. The molecule has 2 N–H and O–H groups in total. The monoisotopic (exact) mass is 635 g/mol. The molecule has 10 heteroatoms. The van der Waals surface area contributed by atoms with Gasteiger partial charge < -0.3 is 25.3 Å². The van der Waals surface area contributed by atoms with Crippen LogP contribution in [0.1, 0.15) is 52.9 Å². The van der Waals surface area contributed by atoms with Crippen molar-refractivity contribution in [3.63, 3.8) is 0 Å². The number of amides is 3. The van der Waals surface area contributed by atoms with Crippen LogP contribution in [0, 0.1) is 13.8 Å². The van der Waals surface area contributed by atoms with E-state index in [4.69, 9.17) is 23.2 Å². The minimum absolute atomic E-state index is 0.00411. The number of piperazine rings is 1. The summed E-state index contributed by atoms with van der Waals surface area (Å²) in [5, 5.41) is 7.16. The Kier molecular flexibility index (Phi) is 10.1. The van der Waals surface area contributed by atoms with Crippen molar-refractivity contribution in [3.05, 3.63) is 93.0 Å². The molecule has 3 aromatic rings. The van der Waals surface area contributed by atoms with Gasteiger partial charge in [-0.2, -0.15) is 0 Å². The van der Waals surface area contributed by atoms with E-state index in [0.29, 0.717) is 35.2 Å². The van der Waals surface area contributed by atoms with E-state index in [2.05, 4.69) is 21.6 Å². The van der Waals surface area contributed by atoms with Crippen LogP contribution >= 0.6 is 23.2 Å². The Morgan fingerprint density at radius 2 is 1.52 bits per heavy atom. The summed E-state index contributed by atoms with van der Waals surface area (Å²) < 4.78 is 0. The van der Waals surface area contributed by atoms with Crippen LogP contribution in [-0.2, 0) is 9.59 Å². The van der Waals surface area contributed by atoms with Gasteiger partial charge in [-0.1, -0.05) is 46.5 Å². The lowest BCUT2D eigenvalue weighted by atomic mass is 10.00. The highest BCUT2D eigenvalue weighted by Gasteiger charge is 2.34. The molecule has 2 heterocycles. The minimum Gasteiger partial charge on any atom is -0.371 e. The van der Waals surface area contributed by atoms with Crippen LogP contribution in [0.15, 0.2) is 60.7 Å². The number of carbonyl (C=O) groups excluding carboxylic acids is 3. The molecule has 0 spiro atoms. The molecule has 2 aliphatic rings. The van der Waals surface area contributed by atoms with Crippen molar-refractivity contribution in [1.29, 1.82) is 0 Å². The highest BCUT2D eigenvalue weighted by atomic mass is 35.5. The summed E-state index contributed by atoms with van der Waals surface area (Å²) in [6, 6.07) is 19.1. The van der Waals surface area contributed by atoms with E-state index in [1.807, 2.05) is 66.1 Å². The number of piperidine rings is 1. The zero-order chi connectivity index (χ0) is 31.4. The average Bonchev–Trinajstić information content (AvgIpc) is 3.00. The first-order chi connectivity index (χ1) is 21.1. The van der Waals surface area contributed by atoms with Crippen LogP contribution in [0.3, 0.4) is 0 Å².